The number of hydrogen-bond donors (Lipinski definition) is 1. The molecule has 0 spiro atoms. The van der Waals surface area contributed by atoms with Crippen molar-refractivity contribution in [3.8, 4) is 5.88 Å². The van der Waals surface area contributed by atoms with Crippen LogP contribution < -0.4 is 4.74 Å². The molecule has 1 aliphatic rings. The molecule has 1 aromatic heterocycles. The van der Waals surface area contributed by atoms with Crippen LogP contribution in [0.3, 0.4) is 0 Å². The van der Waals surface area contributed by atoms with Gasteiger partial charge in [-0.25, -0.2) is 17.8 Å². The van der Waals surface area contributed by atoms with Crippen molar-refractivity contribution in [3.05, 3.63) is 53.0 Å². The highest BCUT2D eigenvalue weighted by Crippen LogP contribution is 2.36. The Morgan fingerprint density at radius 3 is 2.80 bits per heavy atom. The average molecular weight is 364 g/mol. The van der Waals surface area contributed by atoms with Gasteiger partial charge in [0.2, 0.25) is 5.88 Å². The molecule has 1 unspecified atom stereocenters. The van der Waals surface area contributed by atoms with Crippen molar-refractivity contribution in [1.29, 1.82) is 0 Å². The van der Waals surface area contributed by atoms with Crippen molar-refractivity contribution in [1.82, 2.24) is 4.98 Å². The van der Waals surface area contributed by atoms with Crippen molar-refractivity contribution >= 4 is 15.5 Å². The molecule has 0 amide bonds. The molecule has 1 aliphatic carbocycles. The van der Waals surface area contributed by atoms with Crippen LogP contribution in [-0.2, 0) is 16.3 Å². The first-order valence-electron chi connectivity index (χ1n) is 7.60. The lowest BCUT2D eigenvalue weighted by molar-refractivity contribution is 0.316. The van der Waals surface area contributed by atoms with E-state index in [0.717, 1.165) is 6.26 Å². The topological polar surface area (TPSA) is 88.8 Å². The minimum atomic E-state index is -3.55. The number of ether oxygens (including phenoxy) is 1. The molecule has 0 saturated carbocycles. The van der Waals surface area contributed by atoms with Crippen molar-refractivity contribution in [2.24, 2.45) is 5.16 Å². The first-order valence-corrected chi connectivity index (χ1v) is 9.49. The Kier molecular flexibility index (Phi) is 4.47. The van der Waals surface area contributed by atoms with Gasteiger partial charge in [0.1, 0.15) is 10.7 Å². The fraction of sp³-hybridized carbons (Fsp3) is 0.294. The van der Waals surface area contributed by atoms with Gasteiger partial charge in [-0.15, -0.1) is 0 Å². The van der Waals surface area contributed by atoms with Crippen LogP contribution in [0.15, 0.2) is 40.5 Å². The van der Waals surface area contributed by atoms with E-state index in [0.29, 0.717) is 35.2 Å². The second-order valence-electron chi connectivity index (χ2n) is 5.89. The third kappa shape index (κ3) is 3.09. The van der Waals surface area contributed by atoms with Crippen molar-refractivity contribution in [2.45, 2.75) is 23.7 Å². The van der Waals surface area contributed by atoms with Crippen LogP contribution in [0.4, 0.5) is 4.39 Å². The minimum Gasteiger partial charge on any atom is -0.480 e. The van der Waals surface area contributed by atoms with E-state index < -0.39 is 15.8 Å². The summed E-state index contributed by atoms with van der Waals surface area (Å²) in [5.74, 6) is -0.726. The van der Waals surface area contributed by atoms with Crippen LogP contribution in [0.1, 0.15) is 29.0 Å². The zero-order chi connectivity index (χ0) is 18.2. The van der Waals surface area contributed by atoms with E-state index in [1.807, 2.05) is 0 Å². The molecule has 132 valence electrons. The fourth-order valence-electron chi connectivity index (χ4n) is 3.17. The maximum Gasteiger partial charge on any atom is 0.232 e. The Hall–Kier alpha value is -2.48. The second-order valence-corrected chi connectivity index (χ2v) is 7.87. The molecule has 0 aliphatic heterocycles. The molecule has 3 rings (SSSR count). The molecule has 1 aromatic carbocycles. The maximum absolute atomic E-state index is 14.0. The molecule has 2 aromatic rings. The first-order chi connectivity index (χ1) is 11.9. The van der Waals surface area contributed by atoms with Gasteiger partial charge in [-0.2, -0.15) is 0 Å². The van der Waals surface area contributed by atoms with Crippen LogP contribution >= 0.6 is 0 Å². The molecular weight excluding hydrogens is 347 g/mol. The van der Waals surface area contributed by atoms with Gasteiger partial charge in [0.05, 0.1) is 12.8 Å². The number of nitrogens with zero attached hydrogens (tertiary/aromatic N) is 2. The van der Waals surface area contributed by atoms with Gasteiger partial charge in [-0.1, -0.05) is 17.3 Å². The molecule has 0 saturated heterocycles. The third-order valence-corrected chi connectivity index (χ3v) is 5.44. The van der Waals surface area contributed by atoms with E-state index >= 15 is 0 Å². The number of benzene rings is 1. The summed E-state index contributed by atoms with van der Waals surface area (Å²) in [6.45, 7) is 0. The molecule has 1 atom stereocenters. The summed E-state index contributed by atoms with van der Waals surface area (Å²) in [5.41, 5.74) is 1.89. The van der Waals surface area contributed by atoms with Gasteiger partial charge >= 0.3 is 0 Å². The smallest absolute Gasteiger partial charge is 0.232 e. The number of aromatic nitrogens is 1. The lowest BCUT2D eigenvalue weighted by atomic mass is 9.79. The molecular formula is C17H17FN2O4S. The Balaban J connectivity index is 2.12. The van der Waals surface area contributed by atoms with Gasteiger partial charge in [0, 0.05) is 23.9 Å². The van der Waals surface area contributed by atoms with E-state index in [1.54, 1.807) is 12.1 Å². The summed E-state index contributed by atoms with van der Waals surface area (Å²) in [6.07, 6.45) is 3.49. The number of pyridine rings is 1. The highest BCUT2D eigenvalue weighted by molar-refractivity contribution is 7.90. The minimum absolute atomic E-state index is 0.0102. The van der Waals surface area contributed by atoms with E-state index in [1.165, 1.54) is 25.4 Å². The maximum atomic E-state index is 14.0. The van der Waals surface area contributed by atoms with Crippen molar-refractivity contribution in [3.63, 3.8) is 0 Å². The number of sulfone groups is 1. The Morgan fingerprint density at radius 1 is 1.40 bits per heavy atom. The summed E-state index contributed by atoms with van der Waals surface area (Å²) in [5, 5.41) is 12.9. The number of oxime groups is 1. The Labute approximate surface area is 144 Å². The summed E-state index contributed by atoms with van der Waals surface area (Å²) >= 11 is 0. The van der Waals surface area contributed by atoms with E-state index in [9.17, 15) is 18.0 Å². The third-order valence-electron chi connectivity index (χ3n) is 4.35. The van der Waals surface area contributed by atoms with Crippen molar-refractivity contribution in [2.75, 3.05) is 13.4 Å². The number of halogens is 1. The van der Waals surface area contributed by atoms with Crippen LogP contribution in [0.5, 0.6) is 5.88 Å². The molecule has 6 nitrogen and oxygen atoms in total. The van der Waals surface area contributed by atoms with E-state index in [4.69, 9.17) is 4.74 Å². The van der Waals surface area contributed by atoms with Crippen LogP contribution in [0.2, 0.25) is 0 Å². The predicted octanol–water partition coefficient (Wildman–Crippen LogP) is 2.54. The SMILES string of the molecule is COc1ncc(C2CCc3c(F)cccc3/C2=N\O)cc1S(C)(=O)=O. The number of fused-ring (bicyclic) bond motifs is 1. The lowest BCUT2D eigenvalue weighted by Crippen LogP contribution is -2.23. The standard InChI is InChI=1S/C17H17FN2O4S/c1-24-17-15(25(2,22)23)8-10(9-19-17)11-6-7-12-13(16(11)20-21)4-3-5-14(12)18/h3-5,8-9,11,21H,6-7H2,1-2H3/b20-16-. The van der Waals surface area contributed by atoms with Gasteiger partial charge in [0.25, 0.3) is 0 Å². The van der Waals surface area contributed by atoms with Crippen LogP contribution in [0.25, 0.3) is 0 Å². The monoisotopic (exact) mass is 364 g/mol. The lowest BCUT2D eigenvalue weighted by Gasteiger charge is -2.26. The van der Waals surface area contributed by atoms with Gasteiger partial charge < -0.3 is 9.94 Å². The zero-order valence-electron chi connectivity index (χ0n) is 13.7. The van der Waals surface area contributed by atoms with Crippen molar-refractivity contribution < 1.29 is 22.8 Å². The van der Waals surface area contributed by atoms with Crippen LogP contribution in [-0.4, -0.2) is 37.7 Å². The molecule has 0 fully saturated rings. The molecule has 1 heterocycles. The number of hydrogen-bond acceptors (Lipinski definition) is 6. The summed E-state index contributed by atoms with van der Waals surface area (Å²) in [6, 6.07) is 6.08. The zero-order valence-corrected chi connectivity index (χ0v) is 14.5. The highest BCUT2D eigenvalue weighted by Gasteiger charge is 2.30. The predicted molar refractivity (Wildman–Crippen MR) is 89.7 cm³/mol. The van der Waals surface area contributed by atoms with E-state index in [-0.39, 0.29) is 16.6 Å². The molecule has 0 bridgehead atoms. The summed E-state index contributed by atoms with van der Waals surface area (Å²) in [4.78, 5) is 4.04. The quantitative estimate of drug-likeness (QED) is 0.668. The number of methoxy groups -OCH3 is 1. The summed E-state index contributed by atoms with van der Waals surface area (Å²) in [7, 11) is -2.20. The Morgan fingerprint density at radius 2 is 2.16 bits per heavy atom. The Bertz CT molecular complexity index is 957. The van der Waals surface area contributed by atoms with Gasteiger partial charge in [0.15, 0.2) is 9.84 Å². The highest BCUT2D eigenvalue weighted by atomic mass is 32.2. The van der Waals surface area contributed by atoms with Gasteiger partial charge in [-0.05, 0) is 36.1 Å². The molecule has 1 N–H and O–H groups in total. The van der Waals surface area contributed by atoms with E-state index in [2.05, 4.69) is 10.1 Å². The van der Waals surface area contributed by atoms with Gasteiger partial charge in [-0.3, -0.25) is 0 Å². The fourth-order valence-corrected chi connectivity index (χ4v) is 3.97. The number of rotatable bonds is 3. The largest absolute Gasteiger partial charge is 0.480 e. The summed E-state index contributed by atoms with van der Waals surface area (Å²) < 4.78 is 43.0. The average Bonchev–Trinajstić information content (AvgIpc) is 2.59. The normalized spacial score (nSPS) is 18.8. The van der Waals surface area contributed by atoms with Crippen LogP contribution in [0, 0.1) is 5.82 Å². The second kappa shape index (κ2) is 6.44. The molecule has 25 heavy (non-hydrogen) atoms. The molecule has 8 heteroatoms. The first kappa shape index (κ1) is 17.3. The molecule has 0 radical (unpaired) electrons.